The Kier molecular flexibility index (Phi) is 8.48. The van der Waals surface area contributed by atoms with Gasteiger partial charge in [-0.2, -0.15) is 0 Å². The van der Waals surface area contributed by atoms with Crippen molar-refractivity contribution in [3.63, 3.8) is 0 Å². The molecule has 0 fully saturated rings. The molecule has 1 heterocycles. The summed E-state index contributed by atoms with van der Waals surface area (Å²) in [6, 6.07) is 13.1. The first-order chi connectivity index (χ1) is 16.8. The van der Waals surface area contributed by atoms with Crippen molar-refractivity contribution in [2.45, 2.75) is 13.3 Å². The number of aromatic nitrogens is 2. The van der Waals surface area contributed by atoms with E-state index in [-0.39, 0.29) is 12.5 Å². The predicted octanol–water partition coefficient (Wildman–Crippen LogP) is 4.49. The Bertz CT molecular complexity index is 1310. The minimum Gasteiger partial charge on any atom is -0.398 e. The van der Waals surface area contributed by atoms with Crippen LogP contribution >= 0.6 is 0 Å². The lowest BCUT2D eigenvalue weighted by molar-refractivity contribution is -0.120. The zero-order valence-electron chi connectivity index (χ0n) is 20.3. The van der Waals surface area contributed by atoms with Gasteiger partial charge in [0.1, 0.15) is 5.82 Å². The molecule has 0 atom stereocenters. The maximum Gasteiger partial charge on any atom is 0.238 e. The monoisotopic (exact) mass is 469 g/mol. The van der Waals surface area contributed by atoms with Crippen LogP contribution in [0.25, 0.3) is 16.5 Å². The summed E-state index contributed by atoms with van der Waals surface area (Å²) in [5.41, 5.74) is 10.1. The minimum absolute atomic E-state index is 0.0982. The summed E-state index contributed by atoms with van der Waals surface area (Å²) in [5, 5.41) is 14.7. The highest BCUT2D eigenvalue weighted by Gasteiger charge is 2.12. The average molecular weight is 470 g/mol. The van der Waals surface area contributed by atoms with Gasteiger partial charge in [-0.25, -0.2) is 9.97 Å². The van der Waals surface area contributed by atoms with Crippen LogP contribution in [0.2, 0.25) is 0 Å². The summed E-state index contributed by atoms with van der Waals surface area (Å²) in [7, 11) is 3.69. The number of rotatable bonds is 10. The highest BCUT2D eigenvalue weighted by Crippen LogP contribution is 2.28. The van der Waals surface area contributed by atoms with E-state index in [0.29, 0.717) is 35.0 Å². The van der Waals surface area contributed by atoms with Gasteiger partial charge in [0.2, 0.25) is 5.91 Å². The molecular weight excluding hydrogens is 438 g/mol. The fourth-order valence-electron chi connectivity index (χ4n) is 3.46. The largest absolute Gasteiger partial charge is 0.398 e. The van der Waals surface area contributed by atoms with E-state index in [4.69, 9.17) is 21.1 Å². The zero-order valence-corrected chi connectivity index (χ0v) is 20.3. The number of nitrogens with one attached hydrogen (secondary N) is 3. The molecule has 0 bridgehead atoms. The molecule has 3 aromatic rings. The second-order valence-corrected chi connectivity index (χ2v) is 8.32. The lowest BCUT2D eigenvalue weighted by Crippen LogP contribution is -2.32. The Morgan fingerprint density at radius 3 is 2.69 bits per heavy atom. The van der Waals surface area contributed by atoms with E-state index >= 15 is 0 Å². The number of fused-ring (bicyclic) bond motifs is 1. The number of nitrogens with two attached hydrogens (primary N) is 1. The van der Waals surface area contributed by atoms with Crippen molar-refractivity contribution in [1.29, 1.82) is 5.41 Å². The van der Waals surface area contributed by atoms with Crippen molar-refractivity contribution in [2.75, 3.05) is 31.7 Å². The molecule has 0 spiro atoms. The number of carbonyl (C=O) groups is 1. The maximum absolute atomic E-state index is 12.2. The zero-order chi connectivity index (χ0) is 25.4. The van der Waals surface area contributed by atoms with E-state index in [9.17, 15) is 4.79 Å². The van der Waals surface area contributed by atoms with Gasteiger partial charge in [-0.1, -0.05) is 24.3 Å². The summed E-state index contributed by atoms with van der Waals surface area (Å²) < 4.78 is 0. The minimum atomic E-state index is -0.0982. The molecule has 3 rings (SSSR count). The molecule has 8 heteroatoms. The van der Waals surface area contributed by atoms with Crippen LogP contribution in [-0.2, 0) is 4.79 Å². The Hall–Kier alpha value is -4.30. The number of para-hydroxylation sites is 1. The van der Waals surface area contributed by atoms with Crippen molar-refractivity contribution in [1.82, 2.24) is 20.2 Å². The van der Waals surface area contributed by atoms with Gasteiger partial charge in [-0.15, -0.1) is 6.58 Å². The van der Waals surface area contributed by atoms with Crippen molar-refractivity contribution < 1.29 is 4.79 Å². The van der Waals surface area contributed by atoms with Crippen molar-refractivity contribution >= 4 is 45.8 Å². The molecule has 0 aliphatic rings. The topological polar surface area (TPSA) is 120 Å². The number of hydrogen-bond donors (Lipinski definition) is 4. The lowest BCUT2D eigenvalue weighted by Gasteiger charge is -2.14. The number of benzene rings is 2. The fourth-order valence-corrected chi connectivity index (χ4v) is 3.46. The van der Waals surface area contributed by atoms with Crippen LogP contribution < -0.4 is 16.4 Å². The van der Waals surface area contributed by atoms with Crippen LogP contribution in [-0.4, -0.2) is 47.6 Å². The molecule has 35 heavy (non-hydrogen) atoms. The van der Waals surface area contributed by atoms with E-state index in [1.54, 1.807) is 18.2 Å². The van der Waals surface area contributed by atoms with E-state index < -0.39 is 0 Å². The molecule has 5 N–H and O–H groups in total. The molecule has 0 saturated carbocycles. The summed E-state index contributed by atoms with van der Waals surface area (Å²) in [4.78, 5) is 23.6. The van der Waals surface area contributed by atoms with E-state index in [2.05, 4.69) is 17.2 Å². The highest BCUT2D eigenvalue weighted by atomic mass is 16.2. The quantitative estimate of drug-likeness (QED) is 0.150. The molecule has 0 unspecified atom stereocenters. The van der Waals surface area contributed by atoms with E-state index in [1.165, 1.54) is 6.21 Å². The lowest BCUT2D eigenvalue weighted by atomic mass is 10.1. The Morgan fingerprint density at radius 2 is 1.97 bits per heavy atom. The molecule has 0 aliphatic heterocycles. The van der Waals surface area contributed by atoms with Gasteiger partial charge in [-0.3, -0.25) is 4.79 Å². The molecule has 1 aromatic heterocycles. The second-order valence-electron chi connectivity index (χ2n) is 8.32. The van der Waals surface area contributed by atoms with Gasteiger partial charge in [0, 0.05) is 39.8 Å². The number of likely N-dealkylation sites (N-methyl/N-ethyl adjacent to an activating group) is 1. The molecule has 0 saturated heterocycles. The first kappa shape index (κ1) is 25.3. The number of anilines is 3. The van der Waals surface area contributed by atoms with Crippen LogP contribution in [0.4, 0.5) is 17.2 Å². The Morgan fingerprint density at radius 1 is 1.20 bits per heavy atom. The van der Waals surface area contributed by atoms with Gasteiger partial charge in [0.05, 0.1) is 12.1 Å². The molecule has 0 aliphatic carbocycles. The van der Waals surface area contributed by atoms with Gasteiger partial charge in [0.25, 0.3) is 0 Å². The first-order valence-electron chi connectivity index (χ1n) is 11.2. The second kappa shape index (κ2) is 11.7. The number of carbonyl (C=O) groups excluding carboxylic acids is 1. The van der Waals surface area contributed by atoms with Crippen molar-refractivity contribution in [2.24, 2.45) is 0 Å². The first-order valence-corrected chi connectivity index (χ1v) is 11.2. The summed E-state index contributed by atoms with van der Waals surface area (Å²) in [6.07, 6.45) is 7.46. The van der Waals surface area contributed by atoms with Crippen LogP contribution in [0.1, 0.15) is 24.7 Å². The Balaban J connectivity index is 2.05. The van der Waals surface area contributed by atoms with Crippen LogP contribution in [0.5, 0.6) is 0 Å². The van der Waals surface area contributed by atoms with E-state index in [1.807, 2.05) is 68.4 Å². The van der Waals surface area contributed by atoms with Gasteiger partial charge in [-0.05, 0) is 63.8 Å². The van der Waals surface area contributed by atoms with Gasteiger partial charge in [0.15, 0.2) is 5.82 Å². The number of hydrogen-bond acceptors (Lipinski definition) is 7. The van der Waals surface area contributed by atoms with Crippen LogP contribution in [0, 0.1) is 5.41 Å². The van der Waals surface area contributed by atoms with Crippen molar-refractivity contribution in [3.8, 4) is 0 Å². The highest BCUT2D eigenvalue weighted by molar-refractivity contribution is 5.93. The summed E-state index contributed by atoms with van der Waals surface area (Å²) >= 11 is 0. The van der Waals surface area contributed by atoms with Gasteiger partial charge >= 0.3 is 0 Å². The molecule has 8 nitrogen and oxygen atoms in total. The third kappa shape index (κ3) is 6.84. The number of nitrogen functional groups attached to an aromatic ring is 1. The SMILES string of the molecule is C=CCC=C(C=C(C)NC(=O)CN(C)C)c1nc(Nc2ccc(N)c(C=N)c2)c2ccccc2n1. The van der Waals surface area contributed by atoms with Gasteiger partial charge < -0.3 is 26.7 Å². The summed E-state index contributed by atoms with van der Waals surface area (Å²) in [5.74, 6) is 1.04. The maximum atomic E-state index is 12.2. The molecule has 2 aromatic carbocycles. The predicted molar refractivity (Wildman–Crippen MR) is 145 cm³/mol. The molecule has 0 radical (unpaired) electrons. The smallest absolute Gasteiger partial charge is 0.238 e. The third-order valence-electron chi connectivity index (χ3n) is 5.04. The third-order valence-corrected chi connectivity index (χ3v) is 5.04. The molecule has 180 valence electrons. The Labute approximate surface area is 205 Å². The van der Waals surface area contributed by atoms with Crippen molar-refractivity contribution in [3.05, 3.63) is 84.4 Å². The van der Waals surface area contributed by atoms with E-state index in [0.717, 1.165) is 22.2 Å². The normalized spacial score (nSPS) is 12.0. The molecule has 1 amide bonds. The number of amides is 1. The fraction of sp³-hybridized carbons (Fsp3) is 0.185. The van der Waals surface area contributed by atoms with Crippen LogP contribution in [0.15, 0.2) is 73.0 Å². The van der Waals surface area contributed by atoms with Crippen LogP contribution in [0.3, 0.4) is 0 Å². The average Bonchev–Trinajstić information content (AvgIpc) is 2.82. The standard InChI is InChI=1S/C27H31N7O/c1-5-6-9-19(14-18(2)30-25(35)17-34(3)4)26-32-24-11-8-7-10-22(24)27(33-26)31-21-12-13-23(29)20(15-21)16-28/h5,7-16,28H,1,6,17,29H2,2-4H3,(H,30,35)(H,31,32,33). The summed E-state index contributed by atoms with van der Waals surface area (Å²) in [6.45, 7) is 5.94. The molecular formula is C27H31N7O. The number of allylic oxidation sites excluding steroid dienone is 5. The number of nitrogens with zero attached hydrogens (tertiary/aromatic N) is 3.